The quantitative estimate of drug-likeness (QED) is 0.635. The van der Waals surface area contributed by atoms with E-state index in [1.54, 1.807) is 0 Å². The van der Waals surface area contributed by atoms with Gasteiger partial charge < -0.3 is 5.11 Å². The van der Waals surface area contributed by atoms with Crippen LogP contribution in [0.2, 0.25) is 0 Å². The topological polar surface area (TPSA) is 29.5 Å². The van der Waals surface area contributed by atoms with E-state index in [9.17, 15) is 0 Å². The Hall–Kier alpha value is 0.210. The number of hydrogen-bond acceptors (Lipinski definition) is 2. The van der Waals surface area contributed by atoms with Crippen LogP contribution in [0.25, 0.3) is 0 Å². The second-order valence-corrected chi connectivity index (χ2v) is 2.79. The zero-order valence-corrected chi connectivity index (χ0v) is 5.90. The van der Waals surface area contributed by atoms with Gasteiger partial charge in [-0.25, -0.2) is 0 Å². The van der Waals surface area contributed by atoms with Crippen LogP contribution in [0.5, 0.6) is 0 Å². The molecule has 0 saturated heterocycles. The second kappa shape index (κ2) is 3.28. The lowest BCUT2D eigenvalue weighted by atomic mass is 9.97. The normalized spacial score (nSPS) is 12.0. The highest BCUT2D eigenvalue weighted by Gasteiger charge is 2.15. The summed E-state index contributed by atoms with van der Waals surface area (Å²) in [6.45, 7) is 4.22. The number of aliphatic hydroxyl groups is 1. The fraction of sp³-hybridized carbons (Fsp3) is 1.00. The van der Waals surface area contributed by atoms with Crippen LogP contribution in [0, 0.1) is 5.41 Å². The maximum absolute atomic E-state index is 8.59. The van der Waals surface area contributed by atoms with Gasteiger partial charge in [0.1, 0.15) is 0 Å². The van der Waals surface area contributed by atoms with Crippen molar-refractivity contribution in [2.24, 2.45) is 5.41 Å². The van der Waals surface area contributed by atoms with Crippen molar-refractivity contribution >= 4 is 11.9 Å². The van der Waals surface area contributed by atoms with Gasteiger partial charge in [-0.2, -0.15) is 0 Å². The predicted octanol–water partition coefficient (Wildman–Crippen LogP) is 1.18. The SMILES string of the molecule is CC(C)(CO)COCl. The van der Waals surface area contributed by atoms with E-state index in [0.717, 1.165) is 0 Å². The molecule has 0 fully saturated rings. The summed E-state index contributed by atoms with van der Waals surface area (Å²) in [4.78, 5) is 0. The van der Waals surface area contributed by atoms with Crippen molar-refractivity contribution in [1.29, 1.82) is 0 Å². The van der Waals surface area contributed by atoms with Gasteiger partial charge in [0.2, 0.25) is 0 Å². The Morgan fingerprint density at radius 3 is 2.25 bits per heavy atom. The van der Waals surface area contributed by atoms with Crippen LogP contribution < -0.4 is 0 Å². The lowest BCUT2D eigenvalue weighted by Gasteiger charge is -2.17. The predicted molar refractivity (Wildman–Crippen MR) is 32.7 cm³/mol. The Bertz CT molecular complexity index is 63.4. The van der Waals surface area contributed by atoms with Crippen LogP contribution in [0.3, 0.4) is 0 Å². The third kappa shape index (κ3) is 3.24. The monoisotopic (exact) mass is 138 g/mol. The van der Waals surface area contributed by atoms with E-state index in [1.807, 2.05) is 13.8 Å². The van der Waals surface area contributed by atoms with Crippen LogP contribution in [-0.2, 0) is 4.29 Å². The molecule has 0 spiro atoms. The summed E-state index contributed by atoms with van der Waals surface area (Å²) >= 11 is 4.95. The van der Waals surface area contributed by atoms with E-state index in [1.165, 1.54) is 0 Å². The van der Waals surface area contributed by atoms with Crippen molar-refractivity contribution in [3.8, 4) is 0 Å². The maximum atomic E-state index is 8.59. The third-order valence-electron chi connectivity index (χ3n) is 0.873. The van der Waals surface area contributed by atoms with E-state index < -0.39 is 0 Å². The summed E-state index contributed by atoms with van der Waals surface area (Å²) in [7, 11) is 0. The van der Waals surface area contributed by atoms with E-state index in [4.69, 9.17) is 17.0 Å². The largest absolute Gasteiger partial charge is 0.396 e. The van der Waals surface area contributed by atoms with Gasteiger partial charge in [0.15, 0.2) is 0 Å². The van der Waals surface area contributed by atoms with Gasteiger partial charge in [-0.15, -0.1) is 0 Å². The van der Waals surface area contributed by atoms with Gasteiger partial charge in [-0.1, -0.05) is 13.8 Å². The summed E-state index contributed by atoms with van der Waals surface area (Å²) in [5, 5.41) is 8.59. The molecule has 3 heteroatoms. The molecule has 50 valence electrons. The molecule has 0 saturated carbocycles. The first-order valence-corrected chi connectivity index (χ1v) is 2.77. The molecule has 0 aliphatic heterocycles. The van der Waals surface area contributed by atoms with Crippen molar-refractivity contribution in [3.05, 3.63) is 0 Å². The molecule has 0 rings (SSSR count). The first kappa shape index (κ1) is 8.21. The first-order chi connectivity index (χ1) is 3.62. The van der Waals surface area contributed by atoms with Gasteiger partial charge in [0, 0.05) is 5.41 Å². The molecule has 1 N–H and O–H groups in total. The number of aliphatic hydroxyl groups excluding tert-OH is 1. The fourth-order valence-electron chi connectivity index (χ4n) is 0.193. The molecule has 0 aliphatic rings. The zero-order valence-electron chi connectivity index (χ0n) is 5.15. The molecule has 0 radical (unpaired) electrons. The molecule has 0 aromatic rings. The maximum Gasteiger partial charge on any atom is 0.0755 e. The molecule has 0 unspecified atom stereocenters. The van der Waals surface area contributed by atoms with Gasteiger partial charge in [0.05, 0.1) is 25.1 Å². The molecule has 2 nitrogen and oxygen atoms in total. The van der Waals surface area contributed by atoms with Gasteiger partial charge in [-0.05, 0) is 0 Å². The molecule has 0 aliphatic carbocycles. The minimum absolute atomic E-state index is 0.0969. The van der Waals surface area contributed by atoms with E-state index in [-0.39, 0.29) is 12.0 Å². The summed E-state index contributed by atoms with van der Waals surface area (Å²) < 4.78 is 4.31. The Labute approximate surface area is 54.6 Å². The number of rotatable bonds is 3. The average molecular weight is 139 g/mol. The van der Waals surface area contributed by atoms with Crippen LogP contribution in [0.15, 0.2) is 0 Å². The van der Waals surface area contributed by atoms with Crippen LogP contribution in [0.4, 0.5) is 0 Å². The van der Waals surface area contributed by atoms with Crippen molar-refractivity contribution in [2.75, 3.05) is 13.2 Å². The summed E-state index contributed by atoms with van der Waals surface area (Å²) in [5.41, 5.74) is -0.207. The highest BCUT2D eigenvalue weighted by molar-refractivity contribution is 6.07. The van der Waals surface area contributed by atoms with Gasteiger partial charge in [-0.3, -0.25) is 4.29 Å². The molecule has 0 amide bonds. The first-order valence-electron chi connectivity index (χ1n) is 2.47. The molecule has 0 heterocycles. The van der Waals surface area contributed by atoms with E-state index >= 15 is 0 Å². The van der Waals surface area contributed by atoms with Gasteiger partial charge in [0.25, 0.3) is 0 Å². The Morgan fingerprint density at radius 1 is 1.62 bits per heavy atom. The van der Waals surface area contributed by atoms with Crippen molar-refractivity contribution in [2.45, 2.75) is 13.8 Å². The van der Waals surface area contributed by atoms with Crippen LogP contribution >= 0.6 is 11.9 Å². The minimum atomic E-state index is -0.207. The standard InChI is InChI=1S/C5H11ClO2/c1-5(2,3-7)4-8-6/h7H,3-4H2,1-2H3. The molecule has 8 heavy (non-hydrogen) atoms. The minimum Gasteiger partial charge on any atom is -0.396 e. The smallest absolute Gasteiger partial charge is 0.0755 e. The van der Waals surface area contributed by atoms with Gasteiger partial charge >= 0.3 is 0 Å². The number of hydrogen-bond donors (Lipinski definition) is 1. The second-order valence-electron chi connectivity index (χ2n) is 2.58. The molecule has 0 bridgehead atoms. The fourth-order valence-corrected chi connectivity index (χ4v) is 0.489. The number of halogens is 1. The Kier molecular flexibility index (Phi) is 3.36. The van der Waals surface area contributed by atoms with Crippen molar-refractivity contribution in [3.63, 3.8) is 0 Å². The highest BCUT2D eigenvalue weighted by atomic mass is 35.5. The summed E-state index contributed by atoms with van der Waals surface area (Å²) in [5.74, 6) is 0. The molecular formula is C5H11ClO2. The lowest BCUT2D eigenvalue weighted by Crippen LogP contribution is -2.21. The third-order valence-corrected chi connectivity index (χ3v) is 0.982. The molecule has 0 aromatic heterocycles. The van der Waals surface area contributed by atoms with E-state index in [2.05, 4.69) is 4.29 Å². The van der Waals surface area contributed by atoms with Crippen molar-refractivity contribution in [1.82, 2.24) is 0 Å². The highest BCUT2D eigenvalue weighted by Crippen LogP contribution is 2.13. The summed E-state index contributed by atoms with van der Waals surface area (Å²) in [6, 6.07) is 0. The van der Waals surface area contributed by atoms with Crippen molar-refractivity contribution < 1.29 is 9.40 Å². The lowest BCUT2D eigenvalue weighted by molar-refractivity contribution is 0.103. The van der Waals surface area contributed by atoms with Crippen LogP contribution in [-0.4, -0.2) is 18.3 Å². The van der Waals surface area contributed by atoms with E-state index in [0.29, 0.717) is 6.61 Å². The average Bonchev–Trinajstić information content (AvgIpc) is 1.67. The van der Waals surface area contributed by atoms with Crippen LogP contribution in [0.1, 0.15) is 13.8 Å². The Morgan fingerprint density at radius 2 is 2.12 bits per heavy atom. The molecular weight excluding hydrogens is 128 g/mol. The molecule has 0 aromatic carbocycles. The molecule has 0 atom stereocenters. The zero-order chi connectivity index (χ0) is 6.62. The summed E-state index contributed by atoms with van der Waals surface area (Å²) in [6.07, 6.45) is 0. The Balaban J connectivity index is 3.37.